The molecule has 0 bridgehead atoms. The fourth-order valence-corrected chi connectivity index (χ4v) is 2.95. The normalized spacial score (nSPS) is 14.9. The molecule has 1 aromatic carbocycles. The molecule has 1 N–H and O–H groups in total. The SMILES string of the molecule is CC(C)c1nc(C=Cc2ccc(N3CCOCC3)c(F)c2)ncc1C(=O)O. The first-order valence-electron chi connectivity index (χ1n) is 8.86. The minimum Gasteiger partial charge on any atom is -0.478 e. The highest BCUT2D eigenvalue weighted by Gasteiger charge is 2.16. The average Bonchev–Trinajstić information content (AvgIpc) is 2.66. The van der Waals surface area contributed by atoms with Crippen molar-refractivity contribution in [3.8, 4) is 0 Å². The van der Waals surface area contributed by atoms with Gasteiger partial charge < -0.3 is 14.7 Å². The molecule has 1 saturated heterocycles. The van der Waals surface area contributed by atoms with Gasteiger partial charge in [-0.3, -0.25) is 0 Å². The van der Waals surface area contributed by atoms with E-state index in [9.17, 15) is 14.3 Å². The van der Waals surface area contributed by atoms with Crippen LogP contribution >= 0.6 is 0 Å². The number of benzene rings is 1. The van der Waals surface area contributed by atoms with E-state index in [-0.39, 0.29) is 17.3 Å². The molecule has 7 heteroatoms. The molecule has 1 fully saturated rings. The molecule has 142 valence electrons. The van der Waals surface area contributed by atoms with Gasteiger partial charge in [0.15, 0.2) is 5.82 Å². The van der Waals surface area contributed by atoms with Gasteiger partial charge in [-0.15, -0.1) is 0 Å². The summed E-state index contributed by atoms with van der Waals surface area (Å²) >= 11 is 0. The van der Waals surface area contributed by atoms with Crippen molar-refractivity contribution in [2.75, 3.05) is 31.2 Å². The van der Waals surface area contributed by atoms with Crippen LogP contribution in [0.4, 0.5) is 10.1 Å². The van der Waals surface area contributed by atoms with E-state index in [1.54, 1.807) is 18.2 Å². The van der Waals surface area contributed by atoms with Gasteiger partial charge >= 0.3 is 5.97 Å². The van der Waals surface area contributed by atoms with Crippen molar-refractivity contribution in [3.05, 3.63) is 52.9 Å². The topological polar surface area (TPSA) is 75.5 Å². The Hall–Kier alpha value is -2.80. The molecule has 0 atom stereocenters. The Morgan fingerprint density at radius 1 is 1.30 bits per heavy atom. The maximum atomic E-state index is 14.5. The zero-order valence-electron chi connectivity index (χ0n) is 15.4. The summed E-state index contributed by atoms with van der Waals surface area (Å²) in [6.45, 7) is 6.30. The molecule has 0 saturated carbocycles. The summed E-state index contributed by atoms with van der Waals surface area (Å²) in [5, 5.41) is 9.23. The molecule has 0 unspecified atom stereocenters. The second-order valence-corrected chi connectivity index (χ2v) is 6.63. The van der Waals surface area contributed by atoms with Crippen molar-refractivity contribution in [1.29, 1.82) is 0 Å². The maximum absolute atomic E-state index is 14.5. The van der Waals surface area contributed by atoms with Crippen LogP contribution in [0.5, 0.6) is 0 Å². The molecule has 0 spiro atoms. The van der Waals surface area contributed by atoms with Gasteiger partial charge in [0.25, 0.3) is 0 Å². The van der Waals surface area contributed by atoms with Crippen molar-refractivity contribution in [3.63, 3.8) is 0 Å². The van der Waals surface area contributed by atoms with Gasteiger partial charge in [-0.05, 0) is 29.7 Å². The zero-order chi connectivity index (χ0) is 19.4. The first kappa shape index (κ1) is 19.0. The van der Waals surface area contributed by atoms with Gasteiger partial charge in [0.2, 0.25) is 0 Å². The van der Waals surface area contributed by atoms with Crippen LogP contribution in [0.25, 0.3) is 12.2 Å². The molecule has 6 nitrogen and oxygen atoms in total. The lowest BCUT2D eigenvalue weighted by atomic mass is 10.1. The maximum Gasteiger partial charge on any atom is 0.339 e. The molecule has 0 radical (unpaired) electrons. The van der Waals surface area contributed by atoms with Crippen LogP contribution in [0.15, 0.2) is 24.4 Å². The molecule has 0 aliphatic carbocycles. The third-order valence-corrected chi connectivity index (χ3v) is 4.36. The number of anilines is 1. The third kappa shape index (κ3) is 4.49. The molecule has 1 aromatic heterocycles. The van der Waals surface area contributed by atoms with Gasteiger partial charge in [-0.25, -0.2) is 19.2 Å². The number of nitrogens with zero attached hydrogens (tertiary/aromatic N) is 3. The van der Waals surface area contributed by atoms with Crippen molar-refractivity contribution >= 4 is 23.8 Å². The Bertz CT molecular complexity index is 862. The summed E-state index contributed by atoms with van der Waals surface area (Å²) in [6, 6.07) is 5.06. The largest absolute Gasteiger partial charge is 0.478 e. The van der Waals surface area contributed by atoms with E-state index in [1.165, 1.54) is 12.3 Å². The summed E-state index contributed by atoms with van der Waals surface area (Å²) in [4.78, 5) is 21.6. The average molecular weight is 371 g/mol. The molecule has 0 amide bonds. The minimum absolute atomic E-state index is 0.0449. The van der Waals surface area contributed by atoms with Gasteiger partial charge in [0, 0.05) is 19.3 Å². The van der Waals surface area contributed by atoms with E-state index < -0.39 is 5.97 Å². The van der Waals surface area contributed by atoms with E-state index >= 15 is 0 Å². The Balaban J connectivity index is 1.80. The summed E-state index contributed by atoms with van der Waals surface area (Å²) in [6.07, 6.45) is 4.68. The Kier molecular flexibility index (Phi) is 5.81. The highest BCUT2D eigenvalue weighted by Crippen LogP contribution is 2.23. The highest BCUT2D eigenvalue weighted by molar-refractivity contribution is 5.88. The predicted molar refractivity (Wildman–Crippen MR) is 101 cm³/mol. The Morgan fingerprint density at radius 3 is 2.67 bits per heavy atom. The summed E-state index contributed by atoms with van der Waals surface area (Å²) in [5.74, 6) is -0.989. The quantitative estimate of drug-likeness (QED) is 0.868. The van der Waals surface area contributed by atoms with Crippen LogP contribution < -0.4 is 4.90 Å². The number of hydrogen-bond acceptors (Lipinski definition) is 5. The van der Waals surface area contributed by atoms with E-state index in [4.69, 9.17) is 4.74 Å². The fourth-order valence-electron chi connectivity index (χ4n) is 2.95. The monoisotopic (exact) mass is 371 g/mol. The minimum atomic E-state index is -1.05. The Labute approximate surface area is 157 Å². The number of morpholine rings is 1. The molecule has 1 aliphatic heterocycles. The smallest absolute Gasteiger partial charge is 0.339 e. The molecule has 1 aliphatic rings. The number of carboxylic acid groups (broad SMARTS) is 1. The number of ether oxygens (including phenoxy) is 1. The number of hydrogen-bond donors (Lipinski definition) is 1. The molecular formula is C20H22FN3O3. The molecule has 27 heavy (non-hydrogen) atoms. The lowest BCUT2D eigenvalue weighted by Gasteiger charge is -2.29. The van der Waals surface area contributed by atoms with Gasteiger partial charge in [-0.1, -0.05) is 26.0 Å². The zero-order valence-corrected chi connectivity index (χ0v) is 15.4. The van der Waals surface area contributed by atoms with Crippen LogP contribution in [0.1, 0.15) is 47.2 Å². The number of carboxylic acids is 1. The second-order valence-electron chi connectivity index (χ2n) is 6.63. The highest BCUT2D eigenvalue weighted by atomic mass is 19.1. The Morgan fingerprint density at radius 2 is 2.04 bits per heavy atom. The predicted octanol–water partition coefficient (Wildman–Crippen LogP) is 3.44. The van der Waals surface area contributed by atoms with Gasteiger partial charge in [-0.2, -0.15) is 0 Å². The fraction of sp³-hybridized carbons (Fsp3) is 0.350. The van der Waals surface area contributed by atoms with E-state index in [0.29, 0.717) is 49.1 Å². The standard InChI is InChI=1S/C20H22FN3O3/c1-13(2)19-15(20(25)26)12-22-18(23-19)6-4-14-3-5-17(16(21)11-14)24-7-9-27-10-8-24/h3-6,11-13H,7-10H2,1-2H3,(H,25,26). The first-order chi connectivity index (χ1) is 13.0. The summed E-state index contributed by atoms with van der Waals surface area (Å²) < 4.78 is 19.8. The van der Waals surface area contributed by atoms with Gasteiger partial charge in [0.1, 0.15) is 5.82 Å². The van der Waals surface area contributed by atoms with E-state index in [1.807, 2.05) is 24.8 Å². The van der Waals surface area contributed by atoms with Crippen LogP contribution in [0, 0.1) is 5.82 Å². The molecule has 3 rings (SSSR count). The van der Waals surface area contributed by atoms with Crippen molar-refractivity contribution in [1.82, 2.24) is 9.97 Å². The van der Waals surface area contributed by atoms with Gasteiger partial charge in [0.05, 0.1) is 30.2 Å². The number of aromatic nitrogens is 2. The van der Waals surface area contributed by atoms with E-state index in [2.05, 4.69) is 9.97 Å². The van der Waals surface area contributed by atoms with Crippen LogP contribution in [-0.2, 0) is 4.74 Å². The molecular weight excluding hydrogens is 349 g/mol. The van der Waals surface area contributed by atoms with Crippen LogP contribution in [-0.4, -0.2) is 47.3 Å². The van der Waals surface area contributed by atoms with E-state index in [0.717, 1.165) is 0 Å². The number of carbonyl (C=O) groups is 1. The van der Waals surface area contributed by atoms with Crippen molar-refractivity contribution in [2.24, 2.45) is 0 Å². The number of rotatable bonds is 5. The summed E-state index contributed by atoms with van der Waals surface area (Å²) in [7, 11) is 0. The van der Waals surface area contributed by atoms with Crippen molar-refractivity contribution in [2.45, 2.75) is 19.8 Å². The van der Waals surface area contributed by atoms with Crippen LogP contribution in [0.3, 0.4) is 0 Å². The molecule has 2 aromatic rings. The lowest BCUT2D eigenvalue weighted by molar-refractivity contribution is 0.0694. The summed E-state index contributed by atoms with van der Waals surface area (Å²) in [5.41, 5.74) is 1.83. The third-order valence-electron chi connectivity index (χ3n) is 4.36. The van der Waals surface area contributed by atoms with Crippen molar-refractivity contribution < 1.29 is 19.0 Å². The second kappa shape index (κ2) is 8.26. The number of halogens is 1. The lowest BCUT2D eigenvalue weighted by Crippen LogP contribution is -2.36. The molecule has 2 heterocycles. The first-order valence-corrected chi connectivity index (χ1v) is 8.86. The number of aromatic carboxylic acids is 1. The van der Waals surface area contributed by atoms with Crippen LogP contribution in [0.2, 0.25) is 0 Å².